The summed E-state index contributed by atoms with van der Waals surface area (Å²) in [5, 5.41) is 12.6. The van der Waals surface area contributed by atoms with Gasteiger partial charge in [0.25, 0.3) is 5.91 Å². The number of rotatable bonds is 3. The fraction of sp³-hybridized carbons (Fsp3) is 0.188. The van der Waals surface area contributed by atoms with Crippen LogP contribution in [0.3, 0.4) is 0 Å². The normalized spacial score (nSPS) is 12.0. The van der Waals surface area contributed by atoms with E-state index < -0.39 is 17.8 Å². The zero-order valence-electron chi connectivity index (χ0n) is 11.4. The zero-order valence-corrected chi connectivity index (χ0v) is 11.4. The number of carbonyl (C=O) groups excluding carboxylic acids is 1. The number of aryl methyl sites for hydroxylation is 1. The third-order valence-corrected chi connectivity index (χ3v) is 3.30. The molecule has 2 aromatic carbocycles. The van der Waals surface area contributed by atoms with Crippen molar-refractivity contribution in [2.45, 2.75) is 20.0 Å². The molecule has 0 aliphatic heterocycles. The number of anilines is 1. The molecule has 3 nitrogen and oxygen atoms in total. The largest absolute Gasteiger partial charge is 0.378 e. The Kier molecular flexibility index (Phi) is 4.15. The van der Waals surface area contributed by atoms with Gasteiger partial charge < -0.3 is 10.4 Å². The van der Waals surface area contributed by atoms with Gasteiger partial charge in [0.2, 0.25) is 0 Å². The van der Waals surface area contributed by atoms with Crippen molar-refractivity contribution in [3.05, 3.63) is 65.0 Å². The molecule has 0 spiro atoms. The van der Waals surface area contributed by atoms with Gasteiger partial charge in [-0.05, 0) is 48.7 Å². The van der Waals surface area contributed by atoms with Gasteiger partial charge in [0, 0.05) is 5.69 Å². The van der Waals surface area contributed by atoms with E-state index in [9.17, 15) is 14.3 Å². The second kappa shape index (κ2) is 5.84. The summed E-state index contributed by atoms with van der Waals surface area (Å²) in [6.07, 6.45) is -1.32. The Hall–Kier alpha value is -2.20. The van der Waals surface area contributed by atoms with E-state index in [4.69, 9.17) is 0 Å². The molecule has 2 rings (SSSR count). The van der Waals surface area contributed by atoms with Gasteiger partial charge in [-0.15, -0.1) is 0 Å². The van der Waals surface area contributed by atoms with Crippen LogP contribution in [0.5, 0.6) is 0 Å². The molecule has 1 atom stereocenters. The van der Waals surface area contributed by atoms with Crippen LogP contribution >= 0.6 is 0 Å². The molecule has 20 heavy (non-hydrogen) atoms. The fourth-order valence-electron chi connectivity index (χ4n) is 1.88. The van der Waals surface area contributed by atoms with Crippen molar-refractivity contribution in [1.82, 2.24) is 0 Å². The number of aliphatic hydroxyl groups excluding tert-OH is 1. The Bertz CT molecular complexity index is 623. The number of nitrogens with one attached hydrogen (secondary N) is 1. The number of amides is 1. The van der Waals surface area contributed by atoms with Crippen LogP contribution < -0.4 is 5.32 Å². The van der Waals surface area contributed by atoms with Crippen molar-refractivity contribution in [3.8, 4) is 0 Å². The molecule has 1 unspecified atom stereocenters. The van der Waals surface area contributed by atoms with Gasteiger partial charge in [0.05, 0.1) is 0 Å². The van der Waals surface area contributed by atoms with Crippen LogP contribution in [0.1, 0.15) is 22.8 Å². The predicted molar refractivity (Wildman–Crippen MR) is 75.9 cm³/mol. The smallest absolute Gasteiger partial charge is 0.257 e. The van der Waals surface area contributed by atoms with Crippen molar-refractivity contribution in [3.63, 3.8) is 0 Å². The first-order valence-electron chi connectivity index (χ1n) is 6.29. The van der Waals surface area contributed by atoms with Gasteiger partial charge in [-0.2, -0.15) is 0 Å². The topological polar surface area (TPSA) is 49.3 Å². The second-order valence-electron chi connectivity index (χ2n) is 4.69. The quantitative estimate of drug-likeness (QED) is 0.902. The Labute approximate surface area is 117 Å². The first-order valence-corrected chi connectivity index (χ1v) is 6.29. The van der Waals surface area contributed by atoms with E-state index in [2.05, 4.69) is 5.32 Å². The van der Waals surface area contributed by atoms with E-state index in [-0.39, 0.29) is 0 Å². The number of aliphatic hydroxyl groups is 1. The summed E-state index contributed by atoms with van der Waals surface area (Å²) in [5.74, 6) is -0.943. The lowest BCUT2D eigenvalue weighted by Gasteiger charge is -2.14. The van der Waals surface area contributed by atoms with Crippen LogP contribution in [0.25, 0.3) is 0 Å². The summed E-state index contributed by atoms with van der Waals surface area (Å²) in [6.45, 7) is 3.84. The zero-order chi connectivity index (χ0) is 14.7. The third kappa shape index (κ3) is 3.03. The van der Waals surface area contributed by atoms with E-state index in [1.807, 2.05) is 26.0 Å². The minimum atomic E-state index is -1.32. The molecular formula is C16H16FNO2. The fourth-order valence-corrected chi connectivity index (χ4v) is 1.88. The maximum absolute atomic E-state index is 12.8. The van der Waals surface area contributed by atoms with E-state index >= 15 is 0 Å². The summed E-state index contributed by atoms with van der Waals surface area (Å²) in [7, 11) is 0. The highest BCUT2D eigenvalue weighted by atomic mass is 19.1. The van der Waals surface area contributed by atoms with Gasteiger partial charge in [0.1, 0.15) is 5.82 Å². The van der Waals surface area contributed by atoms with Crippen molar-refractivity contribution in [1.29, 1.82) is 0 Å². The maximum atomic E-state index is 12.8. The molecule has 0 aromatic heterocycles. The predicted octanol–water partition coefficient (Wildman–Crippen LogP) is 3.11. The number of benzene rings is 2. The molecule has 0 aliphatic rings. The Morgan fingerprint density at radius 3 is 2.45 bits per heavy atom. The number of hydrogen-bond acceptors (Lipinski definition) is 2. The molecule has 104 valence electrons. The molecule has 1 amide bonds. The summed E-state index contributed by atoms with van der Waals surface area (Å²) >= 11 is 0. The lowest BCUT2D eigenvalue weighted by molar-refractivity contribution is -0.124. The summed E-state index contributed by atoms with van der Waals surface area (Å²) in [6, 6.07) is 10.8. The van der Waals surface area contributed by atoms with Crippen LogP contribution in [-0.2, 0) is 4.79 Å². The third-order valence-electron chi connectivity index (χ3n) is 3.30. The van der Waals surface area contributed by atoms with Crippen molar-refractivity contribution >= 4 is 11.6 Å². The molecule has 0 aliphatic carbocycles. The summed E-state index contributed by atoms with van der Waals surface area (Å²) in [4.78, 5) is 12.0. The monoisotopic (exact) mass is 273 g/mol. The Balaban J connectivity index is 2.15. The van der Waals surface area contributed by atoms with Crippen LogP contribution in [0.15, 0.2) is 42.5 Å². The standard InChI is InChI=1S/C16H16FNO2/c1-10-4-3-5-14(11(10)2)18-16(20)15(19)12-6-8-13(17)9-7-12/h3-9,15,19H,1-2H3,(H,18,20). The van der Waals surface area contributed by atoms with Crippen LogP contribution in [-0.4, -0.2) is 11.0 Å². The molecule has 0 saturated heterocycles. The minimum absolute atomic E-state index is 0.356. The average molecular weight is 273 g/mol. The first kappa shape index (κ1) is 14.2. The van der Waals surface area contributed by atoms with Gasteiger partial charge >= 0.3 is 0 Å². The van der Waals surface area contributed by atoms with Gasteiger partial charge in [-0.25, -0.2) is 4.39 Å². The van der Waals surface area contributed by atoms with Crippen molar-refractivity contribution in [2.24, 2.45) is 0 Å². The molecule has 0 saturated carbocycles. The Morgan fingerprint density at radius 2 is 1.80 bits per heavy atom. The SMILES string of the molecule is Cc1cccc(NC(=O)C(O)c2ccc(F)cc2)c1C. The van der Waals surface area contributed by atoms with Gasteiger partial charge in [-0.1, -0.05) is 24.3 Å². The summed E-state index contributed by atoms with van der Waals surface area (Å²) in [5.41, 5.74) is 3.02. The van der Waals surface area contributed by atoms with Crippen molar-refractivity contribution in [2.75, 3.05) is 5.32 Å². The number of hydrogen-bond donors (Lipinski definition) is 2. The van der Waals surface area contributed by atoms with E-state index in [1.165, 1.54) is 24.3 Å². The molecule has 0 bridgehead atoms. The molecular weight excluding hydrogens is 257 g/mol. The highest BCUT2D eigenvalue weighted by Crippen LogP contribution is 2.21. The number of carbonyl (C=O) groups is 1. The molecule has 2 aromatic rings. The molecule has 0 fully saturated rings. The molecule has 2 N–H and O–H groups in total. The van der Waals surface area contributed by atoms with E-state index in [1.54, 1.807) is 6.07 Å². The van der Waals surface area contributed by atoms with Gasteiger partial charge in [-0.3, -0.25) is 4.79 Å². The highest BCUT2D eigenvalue weighted by Gasteiger charge is 2.18. The van der Waals surface area contributed by atoms with Crippen LogP contribution in [0.4, 0.5) is 10.1 Å². The summed E-state index contributed by atoms with van der Waals surface area (Å²) < 4.78 is 12.8. The Morgan fingerprint density at radius 1 is 1.15 bits per heavy atom. The van der Waals surface area contributed by atoms with E-state index in [0.29, 0.717) is 11.3 Å². The average Bonchev–Trinajstić information content (AvgIpc) is 2.44. The lowest BCUT2D eigenvalue weighted by atomic mass is 10.1. The first-order chi connectivity index (χ1) is 9.49. The van der Waals surface area contributed by atoms with E-state index in [0.717, 1.165) is 11.1 Å². The molecule has 4 heteroatoms. The van der Waals surface area contributed by atoms with Gasteiger partial charge in [0.15, 0.2) is 6.10 Å². The van der Waals surface area contributed by atoms with Crippen molar-refractivity contribution < 1.29 is 14.3 Å². The highest BCUT2D eigenvalue weighted by molar-refractivity contribution is 5.95. The minimum Gasteiger partial charge on any atom is -0.378 e. The molecule has 0 heterocycles. The van der Waals surface area contributed by atoms with Crippen LogP contribution in [0, 0.1) is 19.7 Å². The maximum Gasteiger partial charge on any atom is 0.257 e. The van der Waals surface area contributed by atoms with Crippen LogP contribution in [0.2, 0.25) is 0 Å². The number of halogens is 1. The second-order valence-corrected chi connectivity index (χ2v) is 4.69. The lowest BCUT2D eigenvalue weighted by Crippen LogP contribution is -2.21. The molecule has 0 radical (unpaired) electrons.